The van der Waals surface area contributed by atoms with Crippen LogP contribution in [0.15, 0.2) is 5.38 Å². The highest BCUT2D eigenvalue weighted by atomic mass is 32.1. The second-order valence-electron chi connectivity index (χ2n) is 2.19. The van der Waals surface area contributed by atoms with Crippen LogP contribution in [0.1, 0.15) is 17.1 Å². The molecule has 10 heavy (non-hydrogen) atoms. The Morgan fingerprint density at radius 3 is 3.00 bits per heavy atom. The van der Waals surface area contributed by atoms with Gasteiger partial charge in [0.15, 0.2) is 0 Å². The summed E-state index contributed by atoms with van der Waals surface area (Å²) >= 11 is 5.85. The van der Waals surface area contributed by atoms with Crippen molar-refractivity contribution in [2.24, 2.45) is 0 Å². The maximum absolute atomic E-state index is 4.33. The van der Waals surface area contributed by atoms with Crippen molar-refractivity contribution in [2.75, 3.05) is 5.75 Å². The molecule has 0 aliphatic carbocycles. The molecule has 0 aliphatic rings. The standard InChI is InChI=1S/C7H11NS2/c1-6-8-7(5-10-6)3-2-4-9/h5,9H,2-4H2,1H3. The zero-order valence-electron chi connectivity index (χ0n) is 6.00. The van der Waals surface area contributed by atoms with Gasteiger partial charge in [-0.2, -0.15) is 12.6 Å². The molecule has 0 radical (unpaired) electrons. The van der Waals surface area contributed by atoms with E-state index in [4.69, 9.17) is 0 Å². The lowest BCUT2D eigenvalue weighted by Crippen LogP contribution is -1.85. The average Bonchev–Trinajstić information content (AvgIpc) is 2.31. The van der Waals surface area contributed by atoms with Gasteiger partial charge in [-0.3, -0.25) is 0 Å². The maximum Gasteiger partial charge on any atom is 0.0897 e. The zero-order valence-corrected chi connectivity index (χ0v) is 7.71. The Labute approximate surface area is 70.9 Å². The molecule has 0 fully saturated rings. The summed E-state index contributed by atoms with van der Waals surface area (Å²) in [5, 5.41) is 3.29. The van der Waals surface area contributed by atoms with E-state index in [9.17, 15) is 0 Å². The molecule has 0 unspecified atom stereocenters. The van der Waals surface area contributed by atoms with E-state index in [0.717, 1.165) is 23.6 Å². The fourth-order valence-electron chi connectivity index (χ4n) is 0.783. The highest BCUT2D eigenvalue weighted by Crippen LogP contribution is 2.09. The van der Waals surface area contributed by atoms with Crippen LogP contribution in [0.3, 0.4) is 0 Å². The van der Waals surface area contributed by atoms with Gasteiger partial charge in [-0.05, 0) is 25.5 Å². The van der Waals surface area contributed by atoms with Gasteiger partial charge in [0.1, 0.15) is 0 Å². The first kappa shape index (κ1) is 8.08. The summed E-state index contributed by atoms with van der Waals surface area (Å²) in [6.45, 7) is 2.04. The van der Waals surface area contributed by atoms with Crippen molar-refractivity contribution >= 4 is 24.0 Å². The number of rotatable bonds is 3. The fraction of sp³-hybridized carbons (Fsp3) is 0.571. The molecular weight excluding hydrogens is 162 g/mol. The molecule has 0 amide bonds. The van der Waals surface area contributed by atoms with Crippen LogP contribution in [0.5, 0.6) is 0 Å². The number of aromatic nitrogens is 1. The normalized spacial score (nSPS) is 10.2. The van der Waals surface area contributed by atoms with Gasteiger partial charge >= 0.3 is 0 Å². The summed E-state index contributed by atoms with van der Waals surface area (Å²) in [6, 6.07) is 0. The van der Waals surface area contributed by atoms with Crippen LogP contribution in [0.2, 0.25) is 0 Å². The molecule has 0 N–H and O–H groups in total. The number of hydrogen-bond acceptors (Lipinski definition) is 3. The third-order valence-corrected chi connectivity index (χ3v) is 2.40. The summed E-state index contributed by atoms with van der Waals surface area (Å²) < 4.78 is 0. The zero-order chi connectivity index (χ0) is 7.40. The first-order valence-corrected chi connectivity index (χ1v) is 4.86. The van der Waals surface area contributed by atoms with Crippen LogP contribution in [0, 0.1) is 6.92 Å². The molecule has 0 bridgehead atoms. The smallest absolute Gasteiger partial charge is 0.0897 e. The van der Waals surface area contributed by atoms with Crippen LogP contribution in [-0.2, 0) is 6.42 Å². The Balaban J connectivity index is 2.42. The average molecular weight is 173 g/mol. The van der Waals surface area contributed by atoms with Crippen LogP contribution in [0.4, 0.5) is 0 Å². The van der Waals surface area contributed by atoms with E-state index in [1.807, 2.05) is 6.92 Å². The second-order valence-corrected chi connectivity index (χ2v) is 3.69. The molecule has 0 saturated carbocycles. The topological polar surface area (TPSA) is 12.9 Å². The Morgan fingerprint density at radius 2 is 2.50 bits per heavy atom. The molecule has 56 valence electrons. The van der Waals surface area contributed by atoms with Crippen LogP contribution in [-0.4, -0.2) is 10.7 Å². The molecule has 0 aromatic carbocycles. The number of thiazole rings is 1. The summed E-state index contributed by atoms with van der Waals surface area (Å²) in [4.78, 5) is 4.33. The largest absolute Gasteiger partial charge is 0.247 e. The third-order valence-electron chi connectivity index (χ3n) is 1.26. The lowest BCUT2D eigenvalue weighted by Gasteiger charge is -1.89. The lowest BCUT2D eigenvalue weighted by atomic mass is 10.3. The van der Waals surface area contributed by atoms with Crippen LogP contribution in [0.25, 0.3) is 0 Å². The quantitative estimate of drug-likeness (QED) is 0.692. The molecule has 1 rings (SSSR count). The van der Waals surface area contributed by atoms with Gasteiger partial charge in [-0.25, -0.2) is 4.98 Å². The Bertz CT molecular complexity index is 195. The van der Waals surface area contributed by atoms with Gasteiger partial charge in [0, 0.05) is 5.38 Å². The Hall–Kier alpha value is -0.0200. The molecule has 0 saturated heterocycles. The summed E-state index contributed by atoms with van der Waals surface area (Å²) in [5.41, 5.74) is 1.22. The summed E-state index contributed by atoms with van der Waals surface area (Å²) in [5.74, 6) is 0.955. The Kier molecular flexibility index (Phi) is 3.22. The maximum atomic E-state index is 4.33. The van der Waals surface area contributed by atoms with Gasteiger partial charge in [0.2, 0.25) is 0 Å². The van der Waals surface area contributed by atoms with Gasteiger partial charge in [-0.1, -0.05) is 0 Å². The molecule has 1 aromatic heterocycles. The third kappa shape index (κ3) is 2.31. The van der Waals surface area contributed by atoms with E-state index >= 15 is 0 Å². The van der Waals surface area contributed by atoms with Gasteiger partial charge < -0.3 is 0 Å². The SMILES string of the molecule is Cc1nc(CCCS)cs1. The number of nitrogens with zero attached hydrogens (tertiary/aromatic N) is 1. The molecule has 1 nitrogen and oxygen atoms in total. The van der Waals surface area contributed by atoms with Crippen molar-refractivity contribution in [3.8, 4) is 0 Å². The van der Waals surface area contributed by atoms with E-state index in [0.29, 0.717) is 0 Å². The predicted octanol–water partition coefficient (Wildman–Crippen LogP) is 2.31. The monoisotopic (exact) mass is 173 g/mol. The van der Waals surface area contributed by atoms with Crippen LogP contribution < -0.4 is 0 Å². The number of aryl methyl sites for hydroxylation is 2. The van der Waals surface area contributed by atoms with Crippen molar-refractivity contribution in [3.05, 3.63) is 16.1 Å². The molecule has 1 heterocycles. The number of hydrogen-bond donors (Lipinski definition) is 1. The number of thiol groups is 1. The Morgan fingerprint density at radius 1 is 1.70 bits per heavy atom. The van der Waals surface area contributed by atoms with E-state index < -0.39 is 0 Å². The minimum Gasteiger partial charge on any atom is -0.247 e. The van der Waals surface area contributed by atoms with E-state index in [1.54, 1.807) is 11.3 Å². The lowest BCUT2D eigenvalue weighted by molar-refractivity contribution is 0.900. The van der Waals surface area contributed by atoms with Crippen molar-refractivity contribution in [1.29, 1.82) is 0 Å². The van der Waals surface area contributed by atoms with E-state index in [1.165, 1.54) is 5.69 Å². The summed E-state index contributed by atoms with van der Waals surface area (Å²) in [6.07, 6.45) is 2.21. The fourth-order valence-corrected chi connectivity index (χ4v) is 1.59. The van der Waals surface area contributed by atoms with E-state index in [2.05, 4.69) is 23.0 Å². The molecule has 3 heteroatoms. The molecule has 0 atom stereocenters. The molecule has 0 spiro atoms. The molecule has 0 aliphatic heterocycles. The minimum atomic E-state index is 0.955. The highest BCUT2D eigenvalue weighted by Gasteiger charge is 1.95. The van der Waals surface area contributed by atoms with Gasteiger partial charge in [-0.15, -0.1) is 11.3 Å². The second kappa shape index (κ2) is 3.98. The minimum absolute atomic E-state index is 0.955. The predicted molar refractivity (Wildman–Crippen MR) is 49.0 cm³/mol. The first-order valence-electron chi connectivity index (χ1n) is 3.35. The van der Waals surface area contributed by atoms with E-state index in [-0.39, 0.29) is 0 Å². The molecule has 1 aromatic rings. The van der Waals surface area contributed by atoms with Crippen molar-refractivity contribution in [1.82, 2.24) is 4.98 Å². The van der Waals surface area contributed by atoms with Crippen molar-refractivity contribution in [2.45, 2.75) is 19.8 Å². The molecular formula is C7H11NS2. The van der Waals surface area contributed by atoms with Gasteiger partial charge in [0.05, 0.1) is 10.7 Å². The van der Waals surface area contributed by atoms with Crippen LogP contribution >= 0.6 is 24.0 Å². The van der Waals surface area contributed by atoms with Crippen molar-refractivity contribution < 1.29 is 0 Å². The van der Waals surface area contributed by atoms with Crippen molar-refractivity contribution in [3.63, 3.8) is 0 Å². The first-order chi connectivity index (χ1) is 4.83. The highest BCUT2D eigenvalue weighted by molar-refractivity contribution is 7.80. The van der Waals surface area contributed by atoms with Gasteiger partial charge in [0.25, 0.3) is 0 Å². The summed E-state index contributed by atoms with van der Waals surface area (Å²) in [7, 11) is 0.